The van der Waals surface area contributed by atoms with E-state index in [-0.39, 0.29) is 29.0 Å². The van der Waals surface area contributed by atoms with Crippen LogP contribution in [0.1, 0.15) is 50.3 Å². The minimum absolute atomic E-state index is 0.0405. The Labute approximate surface area is 197 Å². The topological polar surface area (TPSA) is 114 Å². The molecule has 180 valence electrons. The number of anilines is 2. The fourth-order valence-electron chi connectivity index (χ4n) is 2.66. The lowest BCUT2D eigenvalue weighted by Crippen LogP contribution is -2.33. The molecular weight excluding hydrogens is 453 g/mol. The second-order valence-electron chi connectivity index (χ2n) is 8.02. The van der Waals surface area contributed by atoms with Crippen LogP contribution in [-0.2, 0) is 11.2 Å². The first kappa shape index (κ1) is 26.1. The Morgan fingerprint density at radius 2 is 1.91 bits per heavy atom. The van der Waals surface area contributed by atoms with E-state index in [1.165, 1.54) is 19.2 Å². The van der Waals surface area contributed by atoms with Crippen LogP contribution in [0.5, 0.6) is 5.75 Å². The van der Waals surface area contributed by atoms with Crippen LogP contribution >= 0.6 is 11.6 Å². The molecule has 0 aliphatic rings. The average molecular weight is 482 g/mol. The maximum absolute atomic E-state index is 14.2. The van der Waals surface area contributed by atoms with E-state index in [4.69, 9.17) is 21.1 Å². The Bertz CT molecular complexity index is 997. The number of carbonyl (C=O) groups is 2. The smallest absolute Gasteiger partial charge is 0.407 e. The lowest BCUT2D eigenvalue weighted by molar-refractivity contribution is 0.0525. The second kappa shape index (κ2) is 11.6. The SMILES string of the molecule is CCc1nc(C(=O)NC)c(Nc2cc(F)cc(OCCCNC(=O)OC(C)(C)C)c2)nc1Cl. The quantitative estimate of drug-likeness (QED) is 0.459. The average Bonchev–Trinajstić information content (AvgIpc) is 2.71. The molecule has 3 N–H and O–H groups in total. The summed E-state index contributed by atoms with van der Waals surface area (Å²) >= 11 is 6.15. The number of halogens is 2. The summed E-state index contributed by atoms with van der Waals surface area (Å²) in [5, 5.41) is 8.16. The number of rotatable bonds is 9. The van der Waals surface area contributed by atoms with E-state index in [1.807, 2.05) is 6.92 Å². The first-order valence-electron chi connectivity index (χ1n) is 10.5. The number of nitrogens with one attached hydrogen (secondary N) is 3. The van der Waals surface area contributed by atoms with Crippen LogP contribution in [0.15, 0.2) is 18.2 Å². The molecular formula is C22H29ClFN5O4. The molecule has 1 aromatic heterocycles. The number of hydrogen-bond acceptors (Lipinski definition) is 7. The van der Waals surface area contributed by atoms with Gasteiger partial charge < -0.3 is 25.4 Å². The Balaban J connectivity index is 2.04. The largest absolute Gasteiger partial charge is 0.493 e. The third kappa shape index (κ3) is 8.38. The molecule has 9 nitrogen and oxygen atoms in total. The first-order valence-corrected chi connectivity index (χ1v) is 10.9. The van der Waals surface area contributed by atoms with Crippen molar-refractivity contribution in [2.75, 3.05) is 25.5 Å². The Morgan fingerprint density at radius 1 is 1.18 bits per heavy atom. The van der Waals surface area contributed by atoms with Gasteiger partial charge in [0.05, 0.1) is 12.3 Å². The van der Waals surface area contributed by atoms with Crippen molar-refractivity contribution in [1.82, 2.24) is 20.6 Å². The normalized spacial score (nSPS) is 11.0. The van der Waals surface area contributed by atoms with E-state index < -0.39 is 23.4 Å². The Morgan fingerprint density at radius 3 is 2.55 bits per heavy atom. The third-order valence-electron chi connectivity index (χ3n) is 4.09. The van der Waals surface area contributed by atoms with Gasteiger partial charge in [-0.2, -0.15) is 0 Å². The lowest BCUT2D eigenvalue weighted by atomic mass is 10.2. The van der Waals surface area contributed by atoms with Crippen LogP contribution in [0.2, 0.25) is 5.15 Å². The van der Waals surface area contributed by atoms with E-state index in [9.17, 15) is 14.0 Å². The molecule has 33 heavy (non-hydrogen) atoms. The zero-order chi connectivity index (χ0) is 24.6. The number of aromatic nitrogens is 2. The van der Waals surface area contributed by atoms with Gasteiger partial charge in [-0.25, -0.2) is 19.2 Å². The predicted octanol–water partition coefficient (Wildman–Crippen LogP) is 4.23. The molecule has 2 rings (SSSR count). The molecule has 11 heteroatoms. The number of aryl methyl sites for hydroxylation is 1. The van der Waals surface area contributed by atoms with E-state index in [2.05, 4.69) is 25.9 Å². The summed E-state index contributed by atoms with van der Waals surface area (Å²) < 4.78 is 24.9. The molecule has 0 radical (unpaired) electrons. The van der Waals surface area contributed by atoms with Crippen molar-refractivity contribution in [3.63, 3.8) is 0 Å². The molecule has 0 bridgehead atoms. The van der Waals surface area contributed by atoms with Gasteiger partial charge in [-0.1, -0.05) is 18.5 Å². The number of ether oxygens (including phenoxy) is 2. The van der Waals surface area contributed by atoms with Gasteiger partial charge in [-0.15, -0.1) is 0 Å². The molecule has 0 spiro atoms. The van der Waals surface area contributed by atoms with Gasteiger partial charge in [0.2, 0.25) is 0 Å². The predicted molar refractivity (Wildman–Crippen MR) is 124 cm³/mol. The summed E-state index contributed by atoms with van der Waals surface area (Å²) in [6.07, 6.45) is 0.468. The van der Waals surface area contributed by atoms with Gasteiger partial charge in [0.1, 0.15) is 17.2 Å². The lowest BCUT2D eigenvalue weighted by Gasteiger charge is -2.19. The Kier molecular flexibility index (Phi) is 9.22. The van der Waals surface area contributed by atoms with Crippen molar-refractivity contribution in [1.29, 1.82) is 0 Å². The second-order valence-corrected chi connectivity index (χ2v) is 8.38. The van der Waals surface area contributed by atoms with Crippen LogP contribution in [0, 0.1) is 5.82 Å². The van der Waals surface area contributed by atoms with Crippen molar-refractivity contribution in [2.45, 2.75) is 46.1 Å². The fourth-order valence-corrected chi connectivity index (χ4v) is 2.92. The molecule has 2 amide bonds. The van der Waals surface area contributed by atoms with Gasteiger partial charge >= 0.3 is 6.09 Å². The summed E-state index contributed by atoms with van der Waals surface area (Å²) in [5.41, 5.74) is 0.244. The third-order valence-corrected chi connectivity index (χ3v) is 4.39. The minimum Gasteiger partial charge on any atom is -0.493 e. The number of benzene rings is 1. The van der Waals surface area contributed by atoms with Crippen LogP contribution in [0.25, 0.3) is 0 Å². The summed E-state index contributed by atoms with van der Waals surface area (Å²) in [5.74, 6) is -0.649. The van der Waals surface area contributed by atoms with Crippen LogP contribution in [0.3, 0.4) is 0 Å². The highest BCUT2D eigenvalue weighted by Gasteiger charge is 2.18. The minimum atomic E-state index is -0.575. The number of amides is 2. The highest BCUT2D eigenvalue weighted by atomic mass is 35.5. The van der Waals surface area contributed by atoms with Gasteiger partial charge in [-0.3, -0.25) is 4.79 Å². The summed E-state index contributed by atoms with van der Waals surface area (Å²) in [6.45, 7) is 7.75. The van der Waals surface area contributed by atoms with Crippen LogP contribution < -0.4 is 20.7 Å². The zero-order valence-electron chi connectivity index (χ0n) is 19.3. The van der Waals surface area contributed by atoms with Crippen molar-refractivity contribution in [2.24, 2.45) is 0 Å². The molecule has 0 aliphatic carbocycles. The number of hydrogen-bond donors (Lipinski definition) is 3. The number of nitrogens with zero attached hydrogens (tertiary/aromatic N) is 2. The van der Waals surface area contributed by atoms with Crippen molar-refractivity contribution in [3.05, 3.63) is 40.6 Å². The molecule has 0 saturated heterocycles. The highest BCUT2D eigenvalue weighted by Crippen LogP contribution is 2.26. The summed E-state index contributed by atoms with van der Waals surface area (Å²) in [4.78, 5) is 32.3. The number of carbonyl (C=O) groups excluding carboxylic acids is 2. The number of alkyl carbamates (subject to hydrolysis) is 1. The monoisotopic (exact) mass is 481 g/mol. The van der Waals surface area contributed by atoms with E-state index in [0.29, 0.717) is 30.8 Å². The van der Waals surface area contributed by atoms with E-state index in [0.717, 1.165) is 0 Å². The molecule has 1 heterocycles. The summed E-state index contributed by atoms with van der Waals surface area (Å²) in [7, 11) is 1.47. The summed E-state index contributed by atoms with van der Waals surface area (Å²) in [6, 6.07) is 4.01. The fraction of sp³-hybridized carbons (Fsp3) is 0.455. The van der Waals surface area contributed by atoms with Gasteiger partial charge in [0.25, 0.3) is 5.91 Å². The standard InChI is InChI=1S/C22H29ClFN5O4/c1-6-16-18(23)29-19(17(28-16)20(30)25-5)27-14-10-13(24)11-15(12-14)32-9-7-8-26-21(31)33-22(2,3)4/h10-12H,6-9H2,1-5H3,(H,25,30)(H,26,31)(H,27,29). The van der Waals surface area contributed by atoms with Crippen molar-refractivity contribution in [3.8, 4) is 5.75 Å². The molecule has 0 atom stereocenters. The molecule has 2 aromatic rings. The maximum atomic E-state index is 14.2. The van der Waals surface area contributed by atoms with Gasteiger partial charge in [-0.05, 0) is 39.7 Å². The van der Waals surface area contributed by atoms with Crippen molar-refractivity contribution < 1.29 is 23.5 Å². The zero-order valence-corrected chi connectivity index (χ0v) is 20.1. The van der Waals surface area contributed by atoms with Crippen molar-refractivity contribution >= 4 is 35.1 Å². The van der Waals surface area contributed by atoms with E-state index >= 15 is 0 Å². The molecule has 1 aromatic carbocycles. The van der Waals surface area contributed by atoms with Gasteiger partial charge in [0, 0.05) is 31.4 Å². The van der Waals surface area contributed by atoms with E-state index in [1.54, 1.807) is 26.8 Å². The first-order chi connectivity index (χ1) is 15.5. The molecule has 0 unspecified atom stereocenters. The van der Waals surface area contributed by atoms with Crippen LogP contribution in [0.4, 0.5) is 20.7 Å². The maximum Gasteiger partial charge on any atom is 0.407 e. The molecule has 0 saturated carbocycles. The highest BCUT2D eigenvalue weighted by molar-refractivity contribution is 6.30. The molecule has 0 aliphatic heterocycles. The Hall–Kier alpha value is -3.14. The molecule has 0 fully saturated rings. The van der Waals surface area contributed by atoms with Crippen LogP contribution in [-0.4, -0.2) is 47.8 Å². The van der Waals surface area contributed by atoms with Gasteiger partial charge in [0.15, 0.2) is 16.7 Å².